The van der Waals surface area contributed by atoms with Gasteiger partial charge in [0.1, 0.15) is 28.0 Å². The third-order valence-electron chi connectivity index (χ3n) is 3.75. The summed E-state index contributed by atoms with van der Waals surface area (Å²) in [4.78, 5) is 11.4. The van der Waals surface area contributed by atoms with E-state index in [0.717, 1.165) is 39.0 Å². The van der Waals surface area contributed by atoms with Crippen molar-refractivity contribution in [2.75, 3.05) is 19.5 Å². The highest BCUT2D eigenvalue weighted by Crippen LogP contribution is 2.35. The summed E-state index contributed by atoms with van der Waals surface area (Å²) in [6.07, 6.45) is 0. The normalized spacial score (nSPS) is 10.8. The predicted molar refractivity (Wildman–Crippen MR) is 94.5 cm³/mol. The minimum atomic E-state index is 0.729. The number of aryl methyl sites for hydroxylation is 3. The summed E-state index contributed by atoms with van der Waals surface area (Å²) in [6.45, 7) is 6.11. The van der Waals surface area contributed by atoms with Crippen LogP contribution in [0, 0.1) is 20.8 Å². The van der Waals surface area contributed by atoms with Crippen LogP contribution in [-0.2, 0) is 0 Å². The van der Waals surface area contributed by atoms with Gasteiger partial charge in [0.15, 0.2) is 0 Å². The van der Waals surface area contributed by atoms with Crippen LogP contribution in [0.1, 0.15) is 16.3 Å². The highest BCUT2D eigenvalue weighted by atomic mass is 32.1. The number of nitrogens with one attached hydrogen (secondary N) is 1. The van der Waals surface area contributed by atoms with Gasteiger partial charge in [-0.15, -0.1) is 11.3 Å². The van der Waals surface area contributed by atoms with E-state index in [9.17, 15) is 0 Å². The standard InChI is InChI=1S/C17H19N3O2S/c1-9-10(2)23-17-15(9)16(18-11(3)19-17)20-12-6-13(21-4)8-14(7-12)22-5/h6-8H,1-5H3,(H,18,19,20). The summed E-state index contributed by atoms with van der Waals surface area (Å²) in [7, 11) is 3.27. The Morgan fingerprint density at radius 1 is 0.957 bits per heavy atom. The molecular formula is C17H19N3O2S. The Morgan fingerprint density at radius 3 is 2.22 bits per heavy atom. The molecule has 0 atom stereocenters. The molecule has 120 valence electrons. The molecule has 0 saturated heterocycles. The smallest absolute Gasteiger partial charge is 0.143 e. The molecule has 2 aromatic heterocycles. The van der Waals surface area contributed by atoms with Crippen molar-refractivity contribution in [3.05, 3.63) is 34.5 Å². The number of rotatable bonds is 4. The molecule has 0 amide bonds. The van der Waals surface area contributed by atoms with Crippen molar-refractivity contribution in [2.45, 2.75) is 20.8 Å². The van der Waals surface area contributed by atoms with Gasteiger partial charge in [0, 0.05) is 28.8 Å². The van der Waals surface area contributed by atoms with Gasteiger partial charge in [-0.05, 0) is 26.3 Å². The van der Waals surface area contributed by atoms with E-state index in [1.165, 1.54) is 10.4 Å². The van der Waals surface area contributed by atoms with Crippen LogP contribution >= 0.6 is 11.3 Å². The molecule has 23 heavy (non-hydrogen) atoms. The highest BCUT2D eigenvalue weighted by molar-refractivity contribution is 7.18. The van der Waals surface area contributed by atoms with Crippen LogP contribution in [0.25, 0.3) is 10.2 Å². The van der Waals surface area contributed by atoms with Crippen LogP contribution in [-0.4, -0.2) is 24.2 Å². The minimum Gasteiger partial charge on any atom is -0.497 e. The number of aromatic nitrogens is 2. The maximum atomic E-state index is 5.32. The molecule has 2 heterocycles. The molecule has 1 N–H and O–H groups in total. The molecule has 1 aromatic carbocycles. The number of nitrogens with zero attached hydrogens (tertiary/aromatic N) is 2. The van der Waals surface area contributed by atoms with Crippen LogP contribution in [0.3, 0.4) is 0 Å². The number of methoxy groups -OCH3 is 2. The summed E-state index contributed by atoms with van der Waals surface area (Å²) < 4.78 is 10.6. The molecule has 0 aliphatic carbocycles. The predicted octanol–water partition coefficient (Wildman–Crippen LogP) is 4.38. The van der Waals surface area contributed by atoms with Gasteiger partial charge in [-0.25, -0.2) is 9.97 Å². The van der Waals surface area contributed by atoms with Gasteiger partial charge >= 0.3 is 0 Å². The number of hydrogen-bond acceptors (Lipinski definition) is 6. The summed E-state index contributed by atoms with van der Waals surface area (Å²) >= 11 is 1.69. The van der Waals surface area contributed by atoms with Crippen molar-refractivity contribution in [1.29, 1.82) is 0 Å². The molecule has 0 bridgehead atoms. The van der Waals surface area contributed by atoms with Crippen molar-refractivity contribution in [2.24, 2.45) is 0 Å². The Labute approximate surface area is 139 Å². The lowest BCUT2D eigenvalue weighted by Gasteiger charge is -2.11. The molecule has 0 aliphatic rings. The van der Waals surface area contributed by atoms with Crippen LogP contribution in [0.2, 0.25) is 0 Å². The van der Waals surface area contributed by atoms with Crippen molar-refractivity contribution in [3.63, 3.8) is 0 Å². The lowest BCUT2D eigenvalue weighted by atomic mass is 10.2. The Kier molecular flexibility index (Phi) is 4.09. The fourth-order valence-corrected chi connectivity index (χ4v) is 3.54. The van der Waals surface area contributed by atoms with E-state index in [2.05, 4.69) is 29.1 Å². The fraction of sp³-hybridized carbons (Fsp3) is 0.294. The van der Waals surface area contributed by atoms with E-state index < -0.39 is 0 Å². The second kappa shape index (κ2) is 6.04. The molecule has 5 nitrogen and oxygen atoms in total. The summed E-state index contributed by atoms with van der Waals surface area (Å²) in [5.74, 6) is 3.01. The van der Waals surface area contributed by atoms with Gasteiger partial charge in [0.05, 0.1) is 19.6 Å². The lowest BCUT2D eigenvalue weighted by molar-refractivity contribution is 0.395. The van der Waals surface area contributed by atoms with Gasteiger partial charge < -0.3 is 14.8 Å². The monoisotopic (exact) mass is 329 g/mol. The first-order valence-electron chi connectivity index (χ1n) is 7.26. The van der Waals surface area contributed by atoms with E-state index >= 15 is 0 Å². The summed E-state index contributed by atoms with van der Waals surface area (Å²) in [6, 6.07) is 5.67. The Balaban J connectivity index is 2.11. The topological polar surface area (TPSA) is 56.3 Å². The zero-order valence-corrected chi connectivity index (χ0v) is 14.7. The molecule has 0 fully saturated rings. The maximum Gasteiger partial charge on any atom is 0.143 e. The number of benzene rings is 1. The molecular weight excluding hydrogens is 310 g/mol. The van der Waals surface area contributed by atoms with Gasteiger partial charge in [0.2, 0.25) is 0 Å². The second-order valence-corrected chi connectivity index (χ2v) is 6.51. The average Bonchev–Trinajstić information content (AvgIpc) is 2.81. The van der Waals surface area contributed by atoms with Crippen LogP contribution in [0.4, 0.5) is 11.5 Å². The number of fused-ring (bicyclic) bond motifs is 1. The fourth-order valence-electron chi connectivity index (χ4n) is 2.46. The lowest BCUT2D eigenvalue weighted by Crippen LogP contribution is -1.99. The van der Waals surface area contributed by atoms with Gasteiger partial charge in [-0.3, -0.25) is 0 Å². The highest BCUT2D eigenvalue weighted by Gasteiger charge is 2.14. The van der Waals surface area contributed by atoms with Gasteiger partial charge in [-0.1, -0.05) is 0 Å². The van der Waals surface area contributed by atoms with E-state index in [4.69, 9.17) is 9.47 Å². The molecule has 0 aliphatic heterocycles. The Morgan fingerprint density at radius 2 is 1.61 bits per heavy atom. The zero-order chi connectivity index (χ0) is 16.6. The van der Waals surface area contributed by atoms with Crippen LogP contribution in [0.5, 0.6) is 11.5 Å². The molecule has 6 heteroatoms. The molecule has 3 rings (SSSR count). The van der Waals surface area contributed by atoms with Crippen LogP contribution < -0.4 is 14.8 Å². The van der Waals surface area contributed by atoms with Gasteiger partial charge in [0.25, 0.3) is 0 Å². The largest absolute Gasteiger partial charge is 0.497 e. The first-order chi connectivity index (χ1) is 11.0. The molecule has 3 aromatic rings. The van der Waals surface area contributed by atoms with E-state index in [1.54, 1.807) is 25.6 Å². The van der Waals surface area contributed by atoms with Crippen molar-refractivity contribution >= 4 is 33.1 Å². The minimum absolute atomic E-state index is 0.729. The number of hydrogen-bond donors (Lipinski definition) is 1. The third kappa shape index (κ3) is 2.94. The van der Waals surface area contributed by atoms with E-state index in [-0.39, 0.29) is 0 Å². The maximum absolute atomic E-state index is 5.32. The van der Waals surface area contributed by atoms with Crippen molar-refractivity contribution in [3.8, 4) is 11.5 Å². The van der Waals surface area contributed by atoms with Crippen LogP contribution in [0.15, 0.2) is 18.2 Å². The average molecular weight is 329 g/mol. The molecule has 0 radical (unpaired) electrons. The summed E-state index contributed by atoms with van der Waals surface area (Å²) in [5.41, 5.74) is 2.08. The Bertz CT molecular complexity index is 852. The Hall–Kier alpha value is -2.34. The third-order valence-corrected chi connectivity index (χ3v) is 4.86. The summed E-state index contributed by atoms with van der Waals surface area (Å²) in [5, 5.41) is 4.46. The van der Waals surface area contributed by atoms with E-state index in [1.807, 2.05) is 25.1 Å². The van der Waals surface area contributed by atoms with Gasteiger partial charge in [-0.2, -0.15) is 0 Å². The molecule has 0 saturated carbocycles. The molecule has 0 unspecified atom stereocenters. The van der Waals surface area contributed by atoms with Crippen molar-refractivity contribution in [1.82, 2.24) is 9.97 Å². The second-order valence-electron chi connectivity index (χ2n) is 5.31. The first-order valence-corrected chi connectivity index (χ1v) is 8.08. The van der Waals surface area contributed by atoms with Crippen molar-refractivity contribution < 1.29 is 9.47 Å². The number of ether oxygens (including phenoxy) is 2. The SMILES string of the molecule is COc1cc(Nc2nc(C)nc3sc(C)c(C)c23)cc(OC)c1. The quantitative estimate of drug-likeness (QED) is 0.770. The zero-order valence-electron chi connectivity index (χ0n) is 13.9. The van der Waals surface area contributed by atoms with E-state index in [0.29, 0.717) is 0 Å². The number of anilines is 2. The number of thiophene rings is 1. The first kappa shape index (κ1) is 15.6. The molecule has 0 spiro atoms.